The number of hydrogen-bond acceptors (Lipinski definition) is 3. The molecule has 0 atom stereocenters. The Hall–Kier alpha value is -2.80. The summed E-state index contributed by atoms with van der Waals surface area (Å²) in [5.74, 6) is -0.935. The summed E-state index contributed by atoms with van der Waals surface area (Å²) < 4.78 is 0. The van der Waals surface area contributed by atoms with E-state index < -0.39 is 5.97 Å². The molecule has 0 heterocycles. The smallest absolute Gasteiger partial charge is 0.335 e. The van der Waals surface area contributed by atoms with Crippen molar-refractivity contribution >= 4 is 11.7 Å². The number of carboxylic acid groups (broad SMARTS) is 1. The second kappa shape index (κ2) is 5.89. The molecule has 0 fully saturated rings. The molecule has 0 aromatic heterocycles. The molecule has 2 rings (SSSR count). The Bertz CT molecular complexity index is 670. The van der Waals surface area contributed by atoms with Crippen molar-refractivity contribution in [2.45, 2.75) is 13.5 Å². The molecule has 0 unspecified atom stereocenters. The molecule has 4 nitrogen and oxygen atoms in total. The fourth-order valence-electron chi connectivity index (χ4n) is 1.95. The van der Waals surface area contributed by atoms with Crippen LogP contribution < -0.4 is 5.32 Å². The van der Waals surface area contributed by atoms with Crippen molar-refractivity contribution < 1.29 is 9.90 Å². The van der Waals surface area contributed by atoms with Crippen LogP contribution in [0, 0.1) is 18.3 Å². The number of hydrogen-bond donors (Lipinski definition) is 2. The minimum atomic E-state index is -0.935. The number of aryl methyl sites for hydroxylation is 1. The highest BCUT2D eigenvalue weighted by Crippen LogP contribution is 2.20. The monoisotopic (exact) mass is 266 g/mol. The van der Waals surface area contributed by atoms with Crippen LogP contribution >= 0.6 is 0 Å². The molecule has 0 radical (unpaired) electrons. The maximum Gasteiger partial charge on any atom is 0.335 e. The molecule has 2 aromatic rings. The molecule has 0 saturated heterocycles. The van der Waals surface area contributed by atoms with Gasteiger partial charge in [0.15, 0.2) is 0 Å². The molecule has 2 N–H and O–H groups in total. The minimum absolute atomic E-state index is 0.266. The van der Waals surface area contributed by atoms with Crippen LogP contribution in [-0.2, 0) is 6.54 Å². The summed E-state index contributed by atoms with van der Waals surface area (Å²) in [6, 6.07) is 14.4. The van der Waals surface area contributed by atoms with E-state index in [1.165, 1.54) is 0 Å². The second-order valence-electron chi connectivity index (χ2n) is 4.46. The van der Waals surface area contributed by atoms with Crippen LogP contribution in [0.3, 0.4) is 0 Å². The van der Waals surface area contributed by atoms with Crippen LogP contribution in [0.5, 0.6) is 0 Å². The third-order valence-electron chi connectivity index (χ3n) is 3.06. The highest BCUT2D eigenvalue weighted by atomic mass is 16.4. The normalized spacial score (nSPS) is 9.80. The standard InChI is InChI=1S/C16H14N2O2/c1-11-3-2-4-14(9-17)15(11)18-10-12-5-7-13(8-6-12)16(19)20/h2-8,18H,10H2,1H3,(H,19,20). The van der Waals surface area contributed by atoms with Gasteiger partial charge in [0.25, 0.3) is 0 Å². The van der Waals surface area contributed by atoms with Gasteiger partial charge in [-0.1, -0.05) is 24.3 Å². The van der Waals surface area contributed by atoms with E-state index in [1.54, 1.807) is 30.3 Å². The fourth-order valence-corrected chi connectivity index (χ4v) is 1.95. The number of carboxylic acids is 1. The van der Waals surface area contributed by atoms with Crippen LogP contribution in [0.25, 0.3) is 0 Å². The lowest BCUT2D eigenvalue weighted by atomic mass is 10.1. The molecule has 0 aliphatic carbocycles. The summed E-state index contributed by atoms with van der Waals surface area (Å²) in [6.45, 7) is 2.48. The number of para-hydroxylation sites is 1. The number of aromatic carboxylic acids is 1. The number of nitriles is 1. The summed E-state index contributed by atoms with van der Waals surface area (Å²) in [5, 5.41) is 21.1. The molecule has 0 bridgehead atoms. The van der Waals surface area contributed by atoms with Crippen LogP contribution in [0.2, 0.25) is 0 Å². The molecule has 100 valence electrons. The Morgan fingerprint density at radius 3 is 2.55 bits per heavy atom. The van der Waals surface area contributed by atoms with Gasteiger partial charge in [-0.15, -0.1) is 0 Å². The van der Waals surface area contributed by atoms with E-state index >= 15 is 0 Å². The van der Waals surface area contributed by atoms with Gasteiger partial charge >= 0.3 is 5.97 Å². The average Bonchev–Trinajstić information content (AvgIpc) is 2.46. The van der Waals surface area contributed by atoms with Gasteiger partial charge in [-0.3, -0.25) is 0 Å². The van der Waals surface area contributed by atoms with E-state index in [9.17, 15) is 4.79 Å². The first-order valence-electron chi connectivity index (χ1n) is 6.17. The first kappa shape index (κ1) is 13.6. The predicted octanol–water partition coefficient (Wildman–Crippen LogP) is 3.18. The van der Waals surface area contributed by atoms with Crippen LogP contribution in [0.1, 0.15) is 27.0 Å². The van der Waals surface area contributed by atoms with Crippen molar-refractivity contribution in [3.8, 4) is 6.07 Å². The van der Waals surface area contributed by atoms with Gasteiger partial charge < -0.3 is 10.4 Å². The van der Waals surface area contributed by atoms with E-state index in [4.69, 9.17) is 10.4 Å². The summed E-state index contributed by atoms with van der Waals surface area (Å²) >= 11 is 0. The topological polar surface area (TPSA) is 73.1 Å². The molecule has 20 heavy (non-hydrogen) atoms. The van der Waals surface area contributed by atoms with Crippen LogP contribution in [0.15, 0.2) is 42.5 Å². The number of benzene rings is 2. The third-order valence-corrected chi connectivity index (χ3v) is 3.06. The van der Waals surface area contributed by atoms with E-state index in [0.29, 0.717) is 12.1 Å². The predicted molar refractivity (Wildman–Crippen MR) is 76.6 cm³/mol. The lowest BCUT2D eigenvalue weighted by molar-refractivity contribution is 0.0697. The van der Waals surface area contributed by atoms with Crippen molar-refractivity contribution in [3.63, 3.8) is 0 Å². The molecule has 0 saturated carbocycles. The molecular weight excluding hydrogens is 252 g/mol. The van der Waals surface area contributed by atoms with Crippen molar-refractivity contribution in [2.24, 2.45) is 0 Å². The quantitative estimate of drug-likeness (QED) is 0.891. The maximum absolute atomic E-state index is 10.8. The van der Waals surface area contributed by atoms with Crippen molar-refractivity contribution in [1.82, 2.24) is 0 Å². The molecule has 2 aromatic carbocycles. The maximum atomic E-state index is 10.8. The van der Waals surface area contributed by atoms with E-state index in [0.717, 1.165) is 16.8 Å². The third kappa shape index (κ3) is 2.96. The van der Waals surface area contributed by atoms with Gasteiger partial charge in [-0.2, -0.15) is 5.26 Å². The molecular formula is C16H14N2O2. The van der Waals surface area contributed by atoms with Gasteiger partial charge in [0.1, 0.15) is 6.07 Å². The Labute approximate surface area is 117 Å². The Morgan fingerprint density at radius 1 is 1.25 bits per heavy atom. The van der Waals surface area contributed by atoms with Gasteiger partial charge in [0.05, 0.1) is 16.8 Å². The second-order valence-corrected chi connectivity index (χ2v) is 4.46. The lowest BCUT2D eigenvalue weighted by Crippen LogP contribution is -2.04. The SMILES string of the molecule is Cc1cccc(C#N)c1NCc1ccc(C(=O)O)cc1. The summed E-state index contributed by atoms with van der Waals surface area (Å²) in [7, 11) is 0. The van der Waals surface area contributed by atoms with E-state index in [1.807, 2.05) is 19.1 Å². The molecule has 0 spiro atoms. The number of nitrogens with zero attached hydrogens (tertiary/aromatic N) is 1. The van der Waals surface area contributed by atoms with Gasteiger partial charge in [0.2, 0.25) is 0 Å². The summed E-state index contributed by atoms with van der Waals surface area (Å²) in [5.41, 5.74) is 3.65. The van der Waals surface area contributed by atoms with Gasteiger partial charge in [-0.25, -0.2) is 4.79 Å². The van der Waals surface area contributed by atoms with Crippen LogP contribution in [0.4, 0.5) is 5.69 Å². The molecule has 0 aliphatic heterocycles. The highest BCUT2D eigenvalue weighted by molar-refractivity contribution is 5.87. The zero-order chi connectivity index (χ0) is 14.5. The van der Waals surface area contributed by atoms with Crippen molar-refractivity contribution in [2.75, 3.05) is 5.32 Å². The van der Waals surface area contributed by atoms with Crippen molar-refractivity contribution in [1.29, 1.82) is 5.26 Å². The number of nitrogens with one attached hydrogen (secondary N) is 1. The summed E-state index contributed by atoms with van der Waals surface area (Å²) in [6.07, 6.45) is 0. The first-order valence-corrected chi connectivity index (χ1v) is 6.17. The largest absolute Gasteiger partial charge is 0.478 e. The summed E-state index contributed by atoms with van der Waals surface area (Å²) in [4.78, 5) is 10.8. The Kier molecular flexibility index (Phi) is 4.02. The Morgan fingerprint density at radius 2 is 1.95 bits per heavy atom. The van der Waals surface area contributed by atoms with Crippen molar-refractivity contribution in [3.05, 3.63) is 64.7 Å². The lowest BCUT2D eigenvalue weighted by Gasteiger charge is -2.11. The first-order chi connectivity index (χ1) is 9.61. The van der Waals surface area contributed by atoms with E-state index in [-0.39, 0.29) is 5.56 Å². The highest BCUT2D eigenvalue weighted by Gasteiger charge is 2.05. The molecule has 4 heteroatoms. The Balaban J connectivity index is 2.13. The average molecular weight is 266 g/mol. The number of anilines is 1. The zero-order valence-electron chi connectivity index (χ0n) is 11.1. The van der Waals surface area contributed by atoms with Crippen LogP contribution in [-0.4, -0.2) is 11.1 Å². The molecule has 0 aliphatic rings. The fraction of sp³-hybridized carbons (Fsp3) is 0.125. The van der Waals surface area contributed by atoms with E-state index in [2.05, 4.69) is 11.4 Å². The molecule has 0 amide bonds. The number of carbonyl (C=O) groups is 1. The zero-order valence-corrected chi connectivity index (χ0v) is 11.1. The van der Waals surface area contributed by atoms with Gasteiger partial charge in [-0.05, 0) is 36.2 Å². The number of rotatable bonds is 4. The van der Waals surface area contributed by atoms with Gasteiger partial charge in [0, 0.05) is 6.54 Å². The minimum Gasteiger partial charge on any atom is -0.478 e.